The van der Waals surface area contributed by atoms with Gasteiger partial charge in [-0.2, -0.15) is 0 Å². The van der Waals surface area contributed by atoms with E-state index >= 15 is 0 Å². The van der Waals surface area contributed by atoms with Gasteiger partial charge < -0.3 is 0 Å². The van der Waals surface area contributed by atoms with E-state index in [4.69, 9.17) is 0 Å². The molecule has 0 spiro atoms. The van der Waals surface area contributed by atoms with Crippen molar-refractivity contribution in [3.05, 3.63) is 12.7 Å². The van der Waals surface area contributed by atoms with E-state index < -0.39 is 0 Å². The summed E-state index contributed by atoms with van der Waals surface area (Å²) in [5, 5.41) is 0. The van der Waals surface area contributed by atoms with Crippen LogP contribution in [0.15, 0.2) is 12.7 Å². The van der Waals surface area contributed by atoms with Crippen LogP contribution in [0.1, 0.15) is 84.0 Å². The summed E-state index contributed by atoms with van der Waals surface area (Å²) < 4.78 is 0. The maximum atomic E-state index is 3.83. The molecule has 0 aromatic rings. The van der Waals surface area contributed by atoms with E-state index in [1.54, 1.807) is 0 Å². The molecule has 0 bridgehead atoms. The number of allylic oxidation sites excluding steroid dienone is 1. The van der Waals surface area contributed by atoms with Crippen molar-refractivity contribution in [2.75, 3.05) is 0 Å². The van der Waals surface area contributed by atoms with Gasteiger partial charge in [0.25, 0.3) is 0 Å². The van der Waals surface area contributed by atoms with Gasteiger partial charge in [0, 0.05) is 12.3 Å². The minimum atomic E-state index is 0.719. The van der Waals surface area contributed by atoms with Gasteiger partial charge in [0.05, 0.1) is 0 Å². The van der Waals surface area contributed by atoms with E-state index in [1.165, 1.54) is 70.6 Å². The van der Waals surface area contributed by atoms with Crippen molar-refractivity contribution < 1.29 is 0 Å². The van der Waals surface area contributed by atoms with Crippen molar-refractivity contribution in [1.29, 1.82) is 0 Å². The molecule has 0 radical (unpaired) electrons. The van der Waals surface area contributed by atoms with Gasteiger partial charge in [-0.15, -0.1) is 12.5 Å². The number of hydrogen-bond donors (Lipinski definition) is 0. The highest BCUT2D eigenvalue weighted by Gasteiger charge is 2.30. The van der Waals surface area contributed by atoms with Crippen LogP contribution in [-0.2, 0) is 0 Å². The molecular weight excluding hydrogens is 252 g/mol. The summed E-state index contributed by atoms with van der Waals surface area (Å²) >= 11 is 0. The van der Waals surface area contributed by atoms with Crippen LogP contribution < -0.4 is 0 Å². The Kier molecular flexibility index (Phi) is 7.42. The summed E-state index contributed by atoms with van der Waals surface area (Å²) in [5.74, 6) is 10.6. The highest BCUT2D eigenvalue weighted by atomic mass is 14.3. The van der Waals surface area contributed by atoms with E-state index in [1.807, 2.05) is 0 Å². The molecule has 0 unspecified atom stereocenters. The van der Waals surface area contributed by atoms with Gasteiger partial charge in [0.15, 0.2) is 0 Å². The molecule has 21 heavy (non-hydrogen) atoms. The molecular formula is C21H34. The molecule has 118 valence electrons. The smallest absolute Gasteiger partial charge is 0.0203 e. The van der Waals surface area contributed by atoms with Crippen LogP contribution in [0.3, 0.4) is 0 Å². The molecule has 0 heteroatoms. The summed E-state index contributed by atoms with van der Waals surface area (Å²) in [4.78, 5) is 0. The fraction of sp³-hybridized carbons (Fsp3) is 0.810. The zero-order valence-corrected chi connectivity index (χ0v) is 14.1. The lowest BCUT2D eigenvalue weighted by Gasteiger charge is -2.37. The third-order valence-corrected chi connectivity index (χ3v) is 5.83. The van der Waals surface area contributed by atoms with Crippen LogP contribution in [0.5, 0.6) is 0 Å². The van der Waals surface area contributed by atoms with E-state index in [9.17, 15) is 0 Å². The van der Waals surface area contributed by atoms with Crippen LogP contribution in [-0.4, -0.2) is 0 Å². The van der Waals surface area contributed by atoms with Gasteiger partial charge in [-0.3, -0.25) is 0 Å². The first-order valence-electron chi connectivity index (χ1n) is 9.42. The minimum absolute atomic E-state index is 0.719. The maximum absolute atomic E-state index is 3.83. The Balaban J connectivity index is 1.65. The molecule has 0 atom stereocenters. The lowest BCUT2D eigenvalue weighted by Crippen LogP contribution is -2.25. The molecule has 2 aliphatic rings. The second kappa shape index (κ2) is 9.34. The summed E-state index contributed by atoms with van der Waals surface area (Å²) in [6.07, 6.45) is 18.8. The SMILES string of the molecule is C=CCCC[C@H]1CC[C@H]([C@H]2CC[C@H](C#CCC)CC2)CC1. The first kappa shape index (κ1) is 16.7. The fourth-order valence-corrected chi connectivity index (χ4v) is 4.48. The van der Waals surface area contributed by atoms with Crippen LogP contribution in [0.25, 0.3) is 0 Å². The fourth-order valence-electron chi connectivity index (χ4n) is 4.48. The molecule has 2 saturated carbocycles. The zero-order chi connectivity index (χ0) is 14.9. The summed E-state index contributed by atoms with van der Waals surface area (Å²) in [6.45, 7) is 5.99. The van der Waals surface area contributed by atoms with Gasteiger partial charge in [-0.05, 0) is 69.1 Å². The van der Waals surface area contributed by atoms with Gasteiger partial charge in [-0.1, -0.05) is 38.2 Å². The molecule has 0 heterocycles. The average Bonchev–Trinajstić information content (AvgIpc) is 2.54. The van der Waals surface area contributed by atoms with E-state index in [-0.39, 0.29) is 0 Å². The van der Waals surface area contributed by atoms with Gasteiger partial charge in [-0.25, -0.2) is 0 Å². The van der Waals surface area contributed by atoms with Crippen molar-refractivity contribution in [2.24, 2.45) is 23.7 Å². The van der Waals surface area contributed by atoms with Gasteiger partial charge >= 0.3 is 0 Å². The lowest BCUT2D eigenvalue weighted by molar-refractivity contribution is 0.153. The van der Waals surface area contributed by atoms with Crippen LogP contribution in [0, 0.1) is 35.5 Å². The molecule has 0 aliphatic heterocycles. The summed E-state index contributed by atoms with van der Waals surface area (Å²) in [7, 11) is 0. The van der Waals surface area contributed by atoms with E-state index in [2.05, 4.69) is 31.4 Å². The predicted octanol–water partition coefficient (Wildman–Crippen LogP) is 6.37. The Labute approximate surface area is 132 Å². The first-order chi connectivity index (χ1) is 10.3. The largest absolute Gasteiger partial charge is 0.103 e. The Morgan fingerprint density at radius 2 is 1.57 bits per heavy atom. The van der Waals surface area contributed by atoms with Crippen LogP contribution in [0.4, 0.5) is 0 Å². The highest BCUT2D eigenvalue weighted by molar-refractivity contribution is 5.04. The third kappa shape index (κ3) is 5.54. The summed E-state index contributed by atoms with van der Waals surface area (Å²) in [6, 6.07) is 0. The van der Waals surface area contributed by atoms with Crippen molar-refractivity contribution in [2.45, 2.75) is 84.0 Å². The topological polar surface area (TPSA) is 0 Å². The van der Waals surface area contributed by atoms with Crippen LogP contribution >= 0.6 is 0 Å². The summed E-state index contributed by atoms with van der Waals surface area (Å²) in [5.41, 5.74) is 0. The Bertz CT molecular complexity index is 340. The second-order valence-corrected chi connectivity index (χ2v) is 7.29. The quantitative estimate of drug-likeness (QED) is 0.313. The first-order valence-corrected chi connectivity index (χ1v) is 9.42. The van der Waals surface area contributed by atoms with Crippen molar-refractivity contribution in [3.8, 4) is 11.8 Å². The number of hydrogen-bond acceptors (Lipinski definition) is 0. The van der Waals surface area contributed by atoms with E-state index in [0.29, 0.717) is 0 Å². The Morgan fingerprint density at radius 3 is 2.14 bits per heavy atom. The molecule has 0 saturated heterocycles. The Morgan fingerprint density at radius 1 is 0.952 bits per heavy atom. The molecule has 2 aliphatic carbocycles. The minimum Gasteiger partial charge on any atom is -0.103 e. The molecule has 0 N–H and O–H groups in total. The lowest BCUT2D eigenvalue weighted by atomic mass is 9.69. The number of unbranched alkanes of at least 4 members (excludes halogenated alkanes) is 1. The molecule has 0 aromatic carbocycles. The normalized spacial score (nSPS) is 33.0. The third-order valence-electron chi connectivity index (χ3n) is 5.83. The predicted molar refractivity (Wildman–Crippen MR) is 93.0 cm³/mol. The Hall–Kier alpha value is -0.700. The average molecular weight is 287 g/mol. The maximum Gasteiger partial charge on any atom is 0.0203 e. The number of rotatable bonds is 5. The molecule has 2 rings (SSSR count). The molecule has 0 aromatic heterocycles. The van der Waals surface area contributed by atoms with Gasteiger partial charge in [0.1, 0.15) is 0 Å². The monoisotopic (exact) mass is 286 g/mol. The van der Waals surface area contributed by atoms with Crippen LogP contribution in [0.2, 0.25) is 0 Å². The molecule has 0 amide bonds. The van der Waals surface area contributed by atoms with Crippen molar-refractivity contribution in [3.63, 3.8) is 0 Å². The van der Waals surface area contributed by atoms with E-state index in [0.717, 1.165) is 30.1 Å². The van der Waals surface area contributed by atoms with Crippen molar-refractivity contribution in [1.82, 2.24) is 0 Å². The highest BCUT2D eigenvalue weighted by Crippen LogP contribution is 2.42. The van der Waals surface area contributed by atoms with Crippen molar-refractivity contribution >= 4 is 0 Å². The molecule has 0 nitrogen and oxygen atoms in total. The van der Waals surface area contributed by atoms with Gasteiger partial charge in [0.2, 0.25) is 0 Å². The standard InChI is InChI=1S/C21H34/c1-3-5-7-9-19-12-16-21(17-13-19)20-14-10-18(11-15-20)8-6-4-2/h3,18-21H,1,4-5,7,9-17H2,2H3/t18-,19-,20-,21-. The zero-order valence-electron chi connectivity index (χ0n) is 14.1. The molecule has 2 fully saturated rings. The second-order valence-electron chi connectivity index (χ2n) is 7.29.